The zero-order chi connectivity index (χ0) is 17.1. The molecule has 0 spiro atoms. The number of benzene rings is 1. The van der Waals surface area contributed by atoms with E-state index in [2.05, 4.69) is 24.5 Å². The Labute approximate surface area is 145 Å². The molecular weight excluding hydrogens is 324 g/mol. The molecule has 0 fully saturated rings. The first-order valence-electron chi connectivity index (χ1n) is 7.94. The molecule has 5 nitrogen and oxygen atoms in total. The number of thiophene rings is 1. The summed E-state index contributed by atoms with van der Waals surface area (Å²) in [5, 5.41) is 7.79. The van der Waals surface area contributed by atoms with Crippen LogP contribution in [0.2, 0.25) is 0 Å². The van der Waals surface area contributed by atoms with Gasteiger partial charge in [-0.15, -0.1) is 11.3 Å². The number of hydrogen-bond donors (Lipinski definition) is 2. The molecule has 2 aromatic rings. The molecule has 126 valence electrons. The monoisotopic (exact) mass is 344 g/mol. The maximum atomic E-state index is 12.4. The number of hydrogen-bond acceptors (Lipinski definition) is 4. The van der Waals surface area contributed by atoms with Crippen LogP contribution in [0.3, 0.4) is 0 Å². The van der Waals surface area contributed by atoms with E-state index in [0.29, 0.717) is 11.4 Å². The van der Waals surface area contributed by atoms with E-state index in [9.17, 15) is 9.59 Å². The van der Waals surface area contributed by atoms with Crippen molar-refractivity contribution in [3.05, 3.63) is 46.7 Å². The summed E-state index contributed by atoms with van der Waals surface area (Å²) in [5.74, 6) is 0.366. The van der Waals surface area contributed by atoms with Crippen molar-refractivity contribution in [1.29, 1.82) is 0 Å². The zero-order valence-corrected chi connectivity index (χ0v) is 14.4. The van der Waals surface area contributed by atoms with Crippen LogP contribution in [0.25, 0.3) is 0 Å². The van der Waals surface area contributed by atoms with Crippen molar-refractivity contribution in [2.45, 2.75) is 32.4 Å². The number of carbonyl (C=O) groups is 2. The van der Waals surface area contributed by atoms with Gasteiger partial charge in [0.25, 0.3) is 5.91 Å². The third kappa shape index (κ3) is 3.59. The lowest BCUT2D eigenvalue weighted by molar-refractivity contribution is -0.131. The minimum atomic E-state index is -0.809. The van der Waals surface area contributed by atoms with Crippen molar-refractivity contribution in [3.8, 4) is 5.75 Å². The molecule has 0 unspecified atom stereocenters. The molecule has 1 aromatic heterocycles. The largest absolute Gasteiger partial charge is 0.478 e. The molecule has 0 bridgehead atoms. The van der Waals surface area contributed by atoms with E-state index < -0.39 is 6.10 Å². The number of carbonyl (C=O) groups excluding carboxylic acids is 2. The first kappa shape index (κ1) is 16.5. The van der Waals surface area contributed by atoms with Gasteiger partial charge in [0.1, 0.15) is 5.75 Å². The molecule has 0 radical (unpaired) electrons. The predicted molar refractivity (Wildman–Crippen MR) is 94.1 cm³/mol. The van der Waals surface area contributed by atoms with Crippen LogP contribution in [0.15, 0.2) is 41.8 Å². The molecule has 1 aliphatic rings. The third-order valence-corrected chi connectivity index (χ3v) is 4.87. The van der Waals surface area contributed by atoms with E-state index in [0.717, 1.165) is 4.88 Å². The summed E-state index contributed by atoms with van der Waals surface area (Å²) in [5.41, 5.74) is 0.637. The molecule has 2 N–H and O–H groups in total. The van der Waals surface area contributed by atoms with Gasteiger partial charge < -0.3 is 15.4 Å². The number of rotatable bonds is 5. The fraction of sp³-hybridized carbons (Fsp3) is 0.333. The summed E-state index contributed by atoms with van der Waals surface area (Å²) < 4.78 is 5.68. The van der Waals surface area contributed by atoms with Crippen LogP contribution in [0, 0.1) is 5.92 Å². The normalized spacial score (nSPS) is 17.6. The van der Waals surface area contributed by atoms with Gasteiger partial charge >= 0.3 is 0 Å². The van der Waals surface area contributed by atoms with E-state index in [4.69, 9.17) is 4.74 Å². The highest BCUT2D eigenvalue weighted by Crippen LogP contribution is 2.30. The number of nitrogens with one attached hydrogen (secondary N) is 2. The highest BCUT2D eigenvalue weighted by atomic mass is 32.1. The van der Waals surface area contributed by atoms with E-state index in [1.807, 2.05) is 29.6 Å². The van der Waals surface area contributed by atoms with Crippen molar-refractivity contribution in [2.75, 3.05) is 5.32 Å². The number of amides is 2. The number of ether oxygens (including phenoxy) is 1. The van der Waals surface area contributed by atoms with E-state index in [1.165, 1.54) is 0 Å². The quantitative estimate of drug-likeness (QED) is 0.874. The Morgan fingerprint density at radius 1 is 1.29 bits per heavy atom. The molecule has 1 aromatic carbocycles. The van der Waals surface area contributed by atoms with Crippen LogP contribution >= 0.6 is 11.3 Å². The summed E-state index contributed by atoms with van der Waals surface area (Å²) in [6.07, 6.45) is -0.814. The standard InChI is InChI=1S/C18H20N2O3S/c1-11(2)17(15-8-5-9-24-15)20-16(21)10-14-18(22)19-12-6-3-4-7-13(12)23-14/h3-9,11,14,17H,10H2,1-2H3,(H,19,22)(H,20,21)/t14-,17+/m0/s1. The Hall–Kier alpha value is -2.34. The second kappa shape index (κ2) is 7.05. The zero-order valence-electron chi connectivity index (χ0n) is 13.6. The topological polar surface area (TPSA) is 67.4 Å². The lowest BCUT2D eigenvalue weighted by Crippen LogP contribution is -2.42. The van der Waals surface area contributed by atoms with Crippen LogP contribution in [0.5, 0.6) is 5.75 Å². The van der Waals surface area contributed by atoms with Crippen molar-refractivity contribution >= 4 is 28.8 Å². The Morgan fingerprint density at radius 2 is 2.08 bits per heavy atom. The van der Waals surface area contributed by atoms with Gasteiger partial charge in [-0.05, 0) is 29.5 Å². The molecule has 6 heteroatoms. The SMILES string of the molecule is CC(C)[C@@H](NC(=O)C[C@@H]1Oc2ccccc2NC1=O)c1cccs1. The van der Waals surface area contributed by atoms with Crippen molar-refractivity contribution in [2.24, 2.45) is 5.92 Å². The maximum absolute atomic E-state index is 12.4. The molecule has 3 rings (SSSR count). The van der Waals surface area contributed by atoms with Gasteiger partial charge in [0.05, 0.1) is 18.2 Å². The Morgan fingerprint density at radius 3 is 2.79 bits per heavy atom. The van der Waals surface area contributed by atoms with Gasteiger partial charge in [0.2, 0.25) is 5.91 Å². The van der Waals surface area contributed by atoms with E-state index >= 15 is 0 Å². The minimum Gasteiger partial charge on any atom is -0.478 e. The average molecular weight is 344 g/mol. The fourth-order valence-corrected chi connectivity index (χ4v) is 3.61. The summed E-state index contributed by atoms with van der Waals surface area (Å²) in [7, 11) is 0. The Balaban J connectivity index is 1.65. The predicted octanol–water partition coefficient (Wildman–Crippen LogP) is 3.35. The van der Waals surface area contributed by atoms with Gasteiger partial charge in [0.15, 0.2) is 6.10 Å². The van der Waals surface area contributed by atoms with Crippen molar-refractivity contribution in [1.82, 2.24) is 5.32 Å². The number of para-hydroxylation sites is 2. The molecular formula is C18H20N2O3S. The van der Waals surface area contributed by atoms with E-state index in [-0.39, 0.29) is 30.2 Å². The van der Waals surface area contributed by atoms with Gasteiger partial charge in [-0.1, -0.05) is 32.0 Å². The smallest absolute Gasteiger partial charge is 0.266 e. The molecule has 0 aliphatic carbocycles. The van der Waals surface area contributed by atoms with Crippen molar-refractivity contribution in [3.63, 3.8) is 0 Å². The molecule has 2 amide bonds. The second-order valence-electron chi connectivity index (χ2n) is 6.10. The van der Waals surface area contributed by atoms with Gasteiger partial charge in [0, 0.05) is 4.88 Å². The number of fused-ring (bicyclic) bond motifs is 1. The molecule has 2 heterocycles. The van der Waals surface area contributed by atoms with Gasteiger partial charge in [-0.2, -0.15) is 0 Å². The second-order valence-corrected chi connectivity index (χ2v) is 7.08. The molecule has 24 heavy (non-hydrogen) atoms. The van der Waals surface area contributed by atoms with E-state index in [1.54, 1.807) is 23.5 Å². The first-order valence-corrected chi connectivity index (χ1v) is 8.82. The summed E-state index contributed by atoms with van der Waals surface area (Å²) in [6, 6.07) is 11.1. The summed E-state index contributed by atoms with van der Waals surface area (Å²) >= 11 is 1.61. The maximum Gasteiger partial charge on any atom is 0.266 e. The summed E-state index contributed by atoms with van der Waals surface area (Å²) in [6.45, 7) is 4.12. The van der Waals surface area contributed by atoms with Crippen molar-refractivity contribution < 1.29 is 14.3 Å². The van der Waals surface area contributed by atoms with Crippen LogP contribution in [-0.4, -0.2) is 17.9 Å². The number of anilines is 1. The Kier molecular flexibility index (Phi) is 4.85. The minimum absolute atomic E-state index is 0.00520. The lowest BCUT2D eigenvalue weighted by Gasteiger charge is -2.27. The van der Waals surface area contributed by atoms with Crippen LogP contribution in [-0.2, 0) is 9.59 Å². The van der Waals surface area contributed by atoms with Crippen LogP contribution in [0.1, 0.15) is 31.2 Å². The highest BCUT2D eigenvalue weighted by molar-refractivity contribution is 7.10. The third-order valence-electron chi connectivity index (χ3n) is 3.91. The highest BCUT2D eigenvalue weighted by Gasteiger charge is 2.30. The molecule has 2 atom stereocenters. The fourth-order valence-electron chi connectivity index (χ4n) is 2.66. The molecule has 1 aliphatic heterocycles. The average Bonchev–Trinajstić information content (AvgIpc) is 3.07. The Bertz CT molecular complexity index is 728. The van der Waals surface area contributed by atoms with Crippen LogP contribution < -0.4 is 15.4 Å². The van der Waals surface area contributed by atoms with Gasteiger partial charge in [-0.3, -0.25) is 9.59 Å². The summed E-state index contributed by atoms with van der Waals surface area (Å²) in [4.78, 5) is 25.6. The van der Waals surface area contributed by atoms with Gasteiger partial charge in [-0.25, -0.2) is 0 Å². The lowest BCUT2D eigenvalue weighted by atomic mass is 10.0. The molecule has 0 saturated heterocycles. The molecule has 0 saturated carbocycles. The first-order chi connectivity index (χ1) is 11.5. The van der Waals surface area contributed by atoms with Crippen LogP contribution in [0.4, 0.5) is 5.69 Å².